The zero-order chi connectivity index (χ0) is 56.7. The van der Waals surface area contributed by atoms with Crippen molar-refractivity contribution >= 4 is 45.1 Å². The first-order valence-electron chi connectivity index (χ1n) is 28.3. The van der Waals surface area contributed by atoms with Gasteiger partial charge in [-0.15, -0.1) is 0 Å². The largest absolute Gasteiger partial charge is 0.493 e. The summed E-state index contributed by atoms with van der Waals surface area (Å²) in [7, 11) is 26.5. The third-order valence-electron chi connectivity index (χ3n) is 14.1. The van der Waals surface area contributed by atoms with E-state index in [1.807, 2.05) is 0 Å². The van der Waals surface area contributed by atoms with Crippen molar-refractivity contribution in [3.05, 3.63) is 191 Å². The highest BCUT2D eigenvalue weighted by atomic mass is 16.5. The van der Waals surface area contributed by atoms with Crippen LogP contribution in [-0.2, 0) is 0 Å². The van der Waals surface area contributed by atoms with Gasteiger partial charge in [-0.1, -0.05) is 48.5 Å². The minimum atomic E-state index is 0.643. The number of ether oxygens (including phenoxy) is 4. The van der Waals surface area contributed by atoms with Gasteiger partial charge < -0.3 is 36.9 Å². The van der Waals surface area contributed by atoms with Crippen LogP contribution in [0.5, 0.6) is 23.0 Å². The zero-order valence-electron chi connectivity index (χ0n) is 49.6. The van der Waals surface area contributed by atoms with Gasteiger partial charge in [0, 0.05) is 48.0 Å². The van der Waals surface area contributed by atoms with Gasteiger partial charge in [0.05, 0.1) is 183 Å². The molecule has 0 saturated carbocycles. The summed E-state index contributed by atoms with van der Waals surface area (Å²) in [5.41, 5.74) is 13.9. The molecule has 12 heteroatoms. The summed E-state index contributed by atoms with van der Waals surface area (Å²) in [6, 6.07) is 33.4. The minimum absolute atomic E-state index is 0.643. The molecule has 8 bridgehead atoms. The minimum Gasteiger partial charge on any atom is -0.493 e. The molecule has 0 saturated heterocycles. The second kappa shape index (κ2) is 24.5. The Labute approximate surface area is 476 Å². The van der Waals surface area contributed by atoms with Gasteiger partial charge in [-0.2, -0.15) is 0 Å². The van der Waals surface area contributed by atoms with Crippen LogP contribution in [0.15, 0.2) is 188 Å². The molecule has 9 rings (SSSR count). The Kier molecular flexibility index (Phi) is 17.5. The molecule has 416 valence electrons. The van der Waals surface area contributed by atoms with Crippen LogP contribution < -0.4 is 18.9 Å². The molecule has 0 aromatic heterocycles. The molecule has 0 aliphatic carbocycles. The molecule has 4 aromatic rings. The van der Waals surface area contributed by atoms with Gasteiger partial charge in [0.15, 0.2) is 0 Å². The molecule has 5 aliphatic heterocycles. The van der Waals surface area contributed by atoms with Gasteiger partial charge in [-0.25, -0.2) is 20.0 Å². The molecule has 0 unspecified atom stereocenters. The summed E-state index contributed by atoms with van der Waals surface area (Å²) < 4.78 is 28.7. The maximum Gasteiger partial charge on any atom is 0.119 e. The van der Waals surface area contributed by atoms with E-state index in [1.165, 1.54) is 0 Å². The van der Waals surface area contributed by atoms with Crippen molar-refractivity contribution in [1.82, 2.24) is 0 Å². The molecule has 12 nitrogen and oxygen atoms in total. The highest BCUT2D eigenvalue weighted by Crippen LogP contribution is 2.40. The fourth-order valence-electron chi connectivity index (χ4n) is 10.1. The average Bonchev–Trinajstić information content (AvgIpc) is 4.39. The maximum atomic E-state index is 6.28. The number of hydrogen-bond acceptors (Lipinski definition) is 8. The van der Waals surface area contributed by atoms with Crippen molar-refractivity contribution in [2.45, 2.75) is 25.7 Å². The van der Waals surface area contributed by atoms with Crippen molar-refractivity contribution in [2.75, 3.05) is 137 Å². The number of aliphatic imine (C=N–C) groups is 4. The van der Waals surface area contributed by atoms with Gasteiger partial charge in [-0.3, -0.25) is 0 Å². The molecule has 5 aliphatic rings. The number of allylic oxidation sites excluding steroid dienone is 12. The number of hydrogen-bond donors (Lipinski definition) is 0. The maximum absolute atomic E-state index is 6.28. The Hall–Kier alpha value is -7.48. The molecule has 0 fully saturated rings. The Bertz CT molecular complexity index is 2850. The molecule has 5 heterocycles. The van der Waals surface area contributed by atoms with Crippen molar-refractivity contribution in [3.63, 3.8) is 0 Å². The molecule has 80 heavy (non-hydrogen) atoms. The number of fused-ring (bicyclic) bond motifs is 4. The van der Waals surface area contributed by atoms with Crippen LogP contribution in [0.1, 0.15) is 47.9 Å². The summed E-state index contributed by atoms with van der Waals surface area (Å²) in [4.78, 5) is 22.1. The van der Waals surface area contributed by atoms with E-state index in [1.54, 1.807) is 0 Å². The van der Waals surface area contributed by atoms with Crippen LogP contribution in [0.3, 0.4) is 0 Å². The quantitative estimate of drug-likeness (QED) is 0.0517. The lowest BCUT2D eigenvalue weighted by Crippen LogP contribution is -2.36. The summed E-state index contributed by atoms with van der Waals surface area (Å²) in [6.45, 7) is 6.68. The molecule has 4 aromatic carbocycles. The summed E-state index contributed by atoms with van der Waals surface area (Å²) in [5.74, 6) is 3.30. The lowest BCUT2D eigenvalue weighted by atomic mass is 9.98. The second-order valence-corrected chi connectivity index (χ2v) is 25.3. The first-order valence-corrected chi connectivity index (χ1v) is 28.3. The van der Waals surface area contributed by atoms with Gasteiger partial charge in [-0.05, 0) is 119 Å². The smallest absolute Gasteiger partial charge is 0.119 e. The Balaban J connectivity index is 1.17. The number of rotatable bonds is 24. The molecule has 0 spiro atoms. The normalized spacial score (nSPS) is 16.2. The third kappa shape index (κ3) is 15.5. The summed E-state index contributed by atoms with van der Waals surface area (Å²) in [5, 5.41) is 0. The highest BCUT2D eigenvalue weighted by Gasteiger charge is 2.28. The zero-order valence-corrected chi connectivity index (χ0v) is 49.6. The Morgan fingerprint density at radius 2 is 0.450 bits per heavy atom. The average molecular weight is 1080 g/mol. The fourth-order valence-corrected chi connectivity index (χ4v) is 10.1. The van der Waals surface area contributed by atoms with Crippen LogP contribution in [0, 0.1) is 0 Å². The molecule has 0 atom stereocenters. The van der Waals surface area contributed by atoms with Gasteiger partial charge in [0.1, 0.15) is 23.0 Å². The van der Waals surface area contributed by atoms with E-state index in [9.17, 15) is 0 Å². The standard InChI is InChI=1S/C68H84N8O4/c1-73(2,3)41-13-45-77-53-25-17-49(18-26-53)65-57-33-35-59(69-57)66(50-19-27-54(28-20-50)78-46-14-42-74(4,5)6)61-37-39-63(71-61)68(52-23-31-56(32-24-52)80-48-16-44-76(10,11)12)64-40-38-62(72-64)67(60-36-34-58(65)70-60)51-21-29-55(30-22-51)79-47-15-43-75(7,8)9/h17-40H,13-16,41-48H2,1-12H3/q+4. The molecule has 0 N–H and O–H groups in total. The monoisotopic (exact) mass is 1080 g/mol. The first kappa shape index (κ1) is 57.2. The van der Waals surface area contributed by atoms with E-state index in [-0.39, 0.29) is 0 Å². The molecule has 0 amide bonds. The highest BCUT2D eigenvalue weighted by molar-refractivity contribution is 6.39. The Morgan fingerprint density at radius 1 is 0.263 bits per heavy atom. The Morgan fingerprint density at radius 3 is 0.625 bits per heavy atom. The molecule has 0 radical (unpaired) electrons. The van der Waals surface area contributed by atoms with E-state index >= 15 is 0 Å². The fraction of sp³-hybridized carbons (Fsp3) is 0.353. The van der Waals surface area contributed by atoms with Gasteiger partial charge in [0.25, 0.3) is 0 Å². The first-order chi connectivity index (χ1) is 38.1. The van der Waals surface area contributed by atoms with E-state index < -0.39 is 0 Å². The predicted molar refractivity (Wildman–Crippen MR) is 332 cm³/mol. The molecular weight excluding hydrogens is 993 g/mol. The van der Waals surface area contributed by atoms with Crippen LogP contribution in [0.2, 0.25) is 0 Å². The summed E-state index contributed by atoms with van der Waals surface area (Å²) >= 11 is 0. The predicted octanol–water partition coefficient (Wildman–Crippen LogP) is 11.6. The van der Waals surface area contributed by atoms with E-state index in [4.69, 9.17) is 38.9 Å². The van der Waals surface area contributed by atoms with E-state index in [0.717, 1.165) is 183 Å². The molecular formula is C68H84N8O4+4. The topological polar surface area (TPSA) is 86.4 Å². The van der Waals surface area contributed by atoms with E-state index in [0.29, 0.717) is 26.4 Å². The van der Waals surface area contributed by atoms with Gasteiger partial charge >= 0.3 is 0 Å². The van der Waals surface area contributed by atoms with Crippen molar-refractivity contribution in [1.29, 1.82) is 0 Å². The van der Waals surface area contributed by atoms with Crippen LogP contribution >= 0.6 is 0 Å². The van der Waals surface area contributed by atoms with Crippen LogP contribution in [0.25, 0.3) is 22.3 Å². The van der Waals surface area contributed by atoms with Crippen LogP contribution in [0.4, 0.5) is 0 Å². The van der Waals surface area contributed by atoms with Crippen molar-refractivity contribution in [2.24, 2.45) is 20.0 Å². The lowest BCUT2D eigenvalue weighted by molar-refractivity contribution is -0.870. The lowest BCUT2D eigenvalue weighted by Gasteiger charge is -2.23. The van der Waals surface area contributed by atoms with E-state index in [2.05, 4.69) is 230 Å². The summed E-state index contributed by atoms with van der Waals surface area (Å²) in [6.07, 6.45) is 20.7. The van der Waals surface area contributed by atoms with Crippen LogP contribution in [-0.4, -0.2) is 178 Å². The van der Waals surface area contributed by atoms with Crippen molar-refractivity contribution in [3.8, 4) is 23.0 Å². The SMILES string of the molecule is C[N+](C)(C)CCCOc1ccc(C2=C3C=CC(=N3)C(c3ccc(OCCC[N+](C)(C)C)cc3)=C3C=CC(=N3)C(c3ccc(OCCC[N+](C)(C)C)cc3)=C3C=CC(=N3)C(c3ccc(OCCC[N+](C)(C)C)cc3)=C3C=CC2=N3)cc1. The number of quaternary nitrogens is 4. The number of nitrogens with zero attached hydrogens (tertiary/aromatic N) is 8. The van der Waals surface area contributed by atoms with Crippen molar-refractivity contribution < 1.29 is 36.9 Å². The second-order valence-electron chi connectivity index (χ2n) is 25.3. The third-order valence-corrected chi connectivity index (χ3v) is 14.1. The van der Waals surface area contributed by atoms with Gasteiger partial charge in [0.2, 0.25) is 0 Å². The number of benzene rings is 4.